The molecule has 0 bridgehead atoms. The molecule has 104 valence electrons. The second-order valence-electron chi connectivity index (χ2n) is 5.02. The molecule has 1 aromatic rings. The summed E-state index contributed by atoms with van der Waals surface area (Å²) in [6, 6.07) is 6.60. The highest BCUT2D eigenvalue weighted by molar-refractivity contribution is 7.99. The average Bonchev–Trinajstić information content (AvgIpc) is 2.42. The number of amidine groups is 1. The van der Waals surface area contributed by atoms with Gasteiger partial charge in [0.05, 0.1) is 0 Å². The molecule has 1 saturated heterocycles. The number of nitrogens with two attached hydrogens (primary N) is 1. The Morgan fingerprint density at radius 3 is 3.00 bits per heavy atom. The van der Waals surface area contributed by atoms with E-state index < -0.39 is 0 Å². The molecule has 1 fully saturated rings. The molecule has 0 aromatic heterocycles. The fourth-order valence-corrected chi connectivity index (χ4v) is 3.39. The Balaban J connectivity index is 2.12. The Hall–Kier alpha value is -1.20. The Morgan fingerprint density at radius 1 is 1.58 bits per heavy atom. The molecule has 19 heavy (non-hydrogen) atoms. The van der Waals surface area contributed by atoms with Gasteiger partial charge in [-0.3, -0.25) is 4.90 Å². The summed E-state index contributed by atoms with van der Waals surface area (Å²) in [6.07, 6.45) is 0. The van der Waals surface area contributed by atoms with E-state index in [2.05, 4.69) is 30.0 Å². The van der Waals surface area contributed by atoms with Gasteiger partial charge >= 0.3 is 0 Å². The van der Waals surface area contributed by atoms with E-state index in [1.54, 1.807) is 0 Å². The van der Waals surface area contributed by atoms with E-state index >= 15 is 0 Å². The molecule has 1 aliphatic heterocycles. The van der Waals surface area contributed by atoms with E-state index in [0.717, 1.165) is 18.7 Å². The summed E-state index contributed by atoms with van der Waals surface area (Å²) in [6.45, 7) is 6.48. The molecule has 0 radical (unpaired) electrons. The monoisotopic (exact) mass is 279 g/mol. The van der Waals surface area contributed by atoms with Crippen LogP contribution in [-0.4, -0.2) is 40.0 Å². The highest BCUT2D eigenvalue weighted by atomic mass is 32.2. The van der Waals surface area contributed by atoms with Gasteiger partial charge in [-0.15, -0.1) is 0 Å². The van der Waals surface area contributed by atoms with Gasteiger partial charge in [0.15, 0.2) is 5.84 Å². The van der Waals surface area contributed by atoms with Gasteiger partial charge < -0.3 is 10.9 Å². The zero-order valence-electron chi connectivity index (χ0n) is 11.5. The van der Waals surface area contributed by atoms with Crippen LogP contribution >= 0.6 is 11.8 Å². The van der Waals surface area contributed by atoms with Gasteiger partial charge in [0.1, 0.15) is 0 Å². The third-order valence-electron chi connectivity index (χ3n) is 3.62. The highest BCUT2D eigenvalue weighted by Crippen LogP contribution is 2.20. The van der Waals surface area contributed by atoms with Crippen molar-refractivity contribution in [2.24, 2.45) is 10.9 Å². The first-order chi connectivity index (χ1) is 9.11. The number of hydrogen-bond acceptors (Lipinski definition) is 4. The van der Waals surface area contributed by atoms with Gasteiger partial charge in [-0.2, -0.15) is 11.8 Å². The Morgan fingerprint density at radius 2 is 2.37 bits per heavy atom. The normalized spacial score (nSPS) is 21.6. The van der Waals surface area contributed by atoms with Crippen LogP contribution in [0.15, 0.2) is 23.4 Å². The Bertz CT molecular complexity index is 476. The van der Waals surface area contributed by atoms with E-state index in [4.69, 9.17) is 10.9 Å². The van der Waals surface area contributed by atoms with Crippen LogP contribution < -0.4 is 5.73 Å². The van der Waals surface area contributed by atoms with Gasteiger partial charge in [-0.25, -0.2) is 0 Å². The van der Waals surface area contributed by atoms with Crippen LogP contribution in [0.5, 0.6) is 0 Å². The van der Waals surface area contributed by atoms with Crippen molar-refractivity contribution in [3.8, 4) is 0 Å². The smallest absolute Gasteiger partial charge is 0.170 e. The van der Waals surface area contributed by atoms with Gasteiger partial charge in [0.2, 0.25) is 0 Å². The number of benzene rings is 1. The second-order valence-corrected chi connectivity index (χ2v) is 6.17. The predicted octanol–water partition coefficient (Wildman–Crippen LogP) is 2.03. The third kappa shape index (κ3) is 3.42. The summed E-state index contributed by atoms with van der Waals surface area (Å²) in [5.74, 6) is 2.59. The highest BCUT2D eigenvalue weighted by Gasteiger charge is 2.19. The summed E-state index contributed by atoms with van der Waals surface area (Å²) in [4.78, 5) is 2.52. The second kappa shape index (κ2) is 6.30. The molecule has 1 aliphatic rings. The number of aryl methyl sites for hydroxylation is 1. The van der Waals surface area contributed by atoms with Crippen molar-refractivity contribution in [2.45, 2.75) is 26.4 Å². The quantitative estimate of drug-likeness (QED) is 0.385. The fourth-order valence-electron chi connectivity index (χ4n) is 2.31. The zero-order chi connectivity index (χ0) is 13.8. The summed E-state index contributed by atoms with van der Waals surface area (Å²) < 4.78 is 0. The number of oxime groups is 1. The maximum Gasteiger partial charge on any atom is 0.170 e. The van der Waals surface area contributed by atoms with Gasteiger partial charge in [0.25, 0.3) is 0 Å². The number of hydrogen-bond donors (Lipinski definition) is 2. The molecule has 0 aliphatic carbocycles. The molecule has 2 rings (SSSR count). The molecule has 0 amide bonds. The number of thioether (sulfide) groups is 1. The van der Waals surface area contributed by atoms with Crippen molar-refractivity contribution in [3.63, 3.8) is 0 Å². The van der Waals surface area contributed by atoms with Crippen molar-refractivity contribution in [1.29, 1.82) is 0 Å². The van der Waals surface area contributed by atoms with Crippen LogP contribution in [0, 0.1) is 6.92 Å². The molecule has 5 heteroatoms. The van der Waals surface area contributed by atoms with E-state index in [9.17, 15) is 0 Å². The first kappa shape index (κ1) is 14.2. The van der Waals surface area contributed by atoms with Crippen molar-refractivity contribution in [1.82, 2.24) is 4.90 Å². The summed E-state index contributed by atoms with van der Waals surface area (Å²) >= 11 is 2.03. The summed E-state index contributed by atoms with van der Waals surface area (Å²) in [5.41, 5.74) is 8.88. The SMILES string of the molecule is Cc1cc(/C(N)=N/O)ccc1CN1CCSCC1C. The topological polar surface area (TPSA) is 61.9 Å². The average molecular weight is 279 g/mol. The molecule has 1 unspecified atom stereocenters. The summed E-state index contributed by atoms with van der Waals surface area (Å²) in [7, 11) is 0. The maximum absolute atomic E-state index is 8.70. The maximum atomic E-state index is 8.70. The predicted molar refractivity (Wildman–Crippen MR) is 80.9 cm³/mol. The number of rotatable bonds is 3. The Kier molecular flexibility index (Phi) is 4.71. The minimum absolute atomic E-state index is 0.164. The minimum Gasteiger partial charge on any atom is -0.409 e. The largest absolute Gasteiger partial charge is 0.409 e. The molecule has 0 spiro atoms. The molecule has 0 saturated carbocycles. The molecule has 1 aromatic carbocycles. The van der Waals surface area contributed by atoms with Crippen LogP contribution in [0.25, 0.3) is 0 Å². The van der Waals surface area contributed by atoms with Gasteiger partial charge in [-0.05, 0) is 31.0 Å². The summed E-state index contributed by atoms with van der Waals surface area (Å²) in [5, 5.41) is 11.7. The van der Waals surface area contributed by atoms with Crippen molar-refractivity contribution >= 4 is 17.6 Å². The van der Waals surface area contributed by atoms with Crippen LogP contribution in [-0.2, 0) is 6.54 Å². The standard InChI is InChI=1S/C14H21N3OS/c1-10-7-12(14(15)16-18)3-4-13(10)8-17-5-6-19-9-11(17)2/h3-4,7,11,18H,5-6,8-9H2,1-2H3,(H2,15,16). The Labute approximate surface area is 118 Å². The molecular formula is C14H21N3OS. The van der Waals surface area contributed by atoms with Crippen molar-refractivity contribution in [2.75, 3.05) is 18.1 Å². The van der Waals surface area contributed by atoms with E-state index in [-0.39, 0.29) is 5.84 Å². The van der Waals surface area contributed by atoms with Crippen molar-refractivity contribution in [3.05, 3.63) is 34.9 Å². The van der Waals surface area contributed by atoms with E-state index in [1.807, 2.05) is 23.9 Å². The van der Waals surface area contributed by atoms with Crippen LogP contribution in [0.4, 0.5) is 0 Å². The molecule has 1 heterocycles. The molecule has 3 N–H and O–H groups in total. The number of nitrogens with zero attached hydrogens (tertiary/aromatic N) is 2. The van der Waals surface area contributed by atoms with Crippen LogP contribution in [0.1, 0.15) is 23.6 Å². The zero-order valence-corrected chi connectivity index (χ0v) is 12.3. The minimum atomic E-state index is 0.164. The van der Waals surface area contributed by atoms with Gasteiger partial charge in [0, 0.05) is 36.2 Å². The molecule has 1 atom stereocenters. The van der Waals surface area contributed by atoms with Crippen LogP contribution in [0.3, 0.4) is 0 Å². The lowest BCUT2D eigenvalue weighted by Gasteiger charge is -2.33. The lowest BCUT2D eigenvalue weighted by Crippen LogP contribution is -2.39. The lowest BCUT2D eigenvalue weighted by molar-refractivity contribution is 0.223. The lowest BCUT2D eigenvalue weighted by atomic mass is 10.0. The van der Waals surface area contributed by atoms with E-state index in [1.165, 1.54) is 22.6 Å². The first-order valence-electron chi connectivity index (χ1n) is 6.51. The van der Waals surface area contributed by atoms with Gasteiger partial charge in [-0.1, -0.05) is 17.3 Å². The third-order valence-corrected chi connectivity index (χ3v) is 4.81. The fraction of sp³-hybridized carbons (Fsp3) is 0.500. The van der Waals surface area contributed by atoms with E-state index in [0.29, 0.717) is 6.04 Å². The van der Waals surface area contributed by atoms with Crippen molar-refractivity contribution < 1.29 is 5.21 Å². The van der Waals surface area contributed by atoms with Crippen LogP contribution in [0.2, 0.25) is 0 Å². The first-order valence-corrected chi connectivity index (χ1v) is 7.66. The molecular weight excluding hydrogens is 258 g/mol. The molecule has 4 nitrogen and oxygen atoms in total.